The van der Waals surface area contributed by atoms with Crippen molar-refractivity contribution < 1.29 is 5.21 Å². The highest BCUT2D eigenvalue weighted by Gasteiger charge is 2.10. The molecule has 0 radical (unpaired) electrons. The number of nitrogens with zero attached hydrogens (tertiary/aromatic N) is 3. The summed E-state index contributed by atoms with van der Waals surface area (Å²) in [4.78, 5) is 6.88. The van der Waals surface area contributed by atoms with Gasteiger partial charge in [-0.05, 0) is 31.9 Å². The molecule has 112 valence electrons. The van der Waals surface area contributed by atoms with Crippen molar-refractivity contribution in [1.82, 2.24) is 4.98 Å². The summed E-state index contributed by atoms with van der Waals surface area (Å²) >= 11 is 0. The lowest BCUT2D eigenvalue weighted by molar-refractivity contribution is 0.318. The molecule has 0 aliphatic rings. The highest BCUT2D eigenvalue weighted by atomic mass is 16.4. The molecule has 1 rings (SSSR count). The molecule has 0 amide bonds. The van der Waals surface area contributed by atoms with Crippen molar-refractivity contribution >= 4 is 11.7 Å². The van der Waals surface area contributed by atoms with Crippen molar-refractivity contribution in [1.29, 1.82) is 0 Å². The van der Waals surface area contributed by atoms with Crippen molar-refractivity contribution in [2.75, 3.05) is 18.0 Å². The van der Waals surface area contributed by atoms with E-state index in [-0.39, 0.29) is 5.84 Å². The molecule has 3 N–H and O–H groups in total. The van der Waals surface area contributed by atoms with Crippen LogP contribution in [0, 0.1) is 6.92 Å². The molecule has 0 aliphatic heterocycles. The van der Waals surface area contributed by atoms with E-state index in [4.69, 9.17) is 10.9 Å². The molecule has 0 saturated heterocycles. The first-order valence-corrected chi connectivity index (χ1v) is 7.33. The van der Waals surface area contributed by atoms with Crippen molar-refractivity contribution in [3.05, 3.63) is 23.4 Å². The Hall–Kier alpha value is -1.78. The second-order valence-electron chi connectivity index (χ2n) is 5.03. The summed E-state index contributed by atoms with van der Waals surface area (Å²) in [5.74, 6) is 1.04. The molecule has 1 heterocycles. The summed E-state index contributed by atoms with van der Waals surface area (Å²) in [5.41, 5.74) is 7.28. The smallest absolute Gasteiger partial charge is 0.170 e. The van der Waals surface area contributed by atoms with Crippen LogP contribution in [-0.2, 0) is 0 Å². The maximum Gasteiger partial charge on any atom is 0.170 e. The van der Waals surface area contributed by atoms with Crippen LogP contribution >= 0.6 is 0 Å². The van der Waals surface area contributed by atoms with E-state index < -0.39 is 0 Å². The predicted molar refractivity (Wildman–Crippen MR) is 83.5 cm³/mol. The van der Waals surface area contributed by atoms with Gasteiger partial charge in [0.25, 0.3) is 0 Å². The average molecular weight is 278 g/mol. The third-order valence-electron chi connectivity index (χ3n) is 3.23. The Morgan fingerprint density at radius 2 is 1.85 bits per heavy atom. The zero-order valence-corrected chi connectivity index (χ0v) is 12.8. The molecule has 0 bridgehead atoms. The van der Waals surface area contributed by atoms with E-state index in [9.17, 15) is 0 Å². The first-order valence-electron chi connectivity index (χ1n) is 7.33. The largest absolute Gasteiger partial charge is 0.409 e. The Kier molecular flexibility index (Phi) is 6.84. The molecule has 1 aromatic rings. The van der Waals surface area contributed by atoms with Crippen LogP contribution in [-0.4, -0.2) is 29.1 Å². The van der Waals surface area contributed by atoms with Crippen LogP contribution in [0.5, 0.6) is 0 Å². The fraction of sp³-hybridized carbons (Fsp3) is 0.600. The number of amidine groups is 1. The Morgan fingerprint density at radius 3 is 2.35 bits per heavy atom. The fourth-order valence-electron chi connectivity index (χ4n) is 2.06. The second kappa shape index (κ2) is 8.40. The lowest BCUT2D eigenvalue weighted by atomic mass is 10.2. The van der Waals surface area contributed by atoms with Gasteiger partial charge in [0.1, 0.15) is 5.82 Å². The third-order valence-corrected chi connectivity index (χ3v) is 3.23. The number of hydrogen-bond acceptors (Lipinski definition) is 4. The van der Waals surface area contributed by atoms with Gasteiger partial charge in [0.05, 0.1) is 0 Å². The van der Waals surface area contributed by atoms with Gasteiger partial charge < -0.3 is 15.8 Å². The number of aromatic nitrogens is 1. The maximum atomic E-state index is 8.82. The van der Waals surface area contributed by atoms with Crippen LogP contribution < -0.4 is 10.6 Å². The number of anilines is 1. The van der Waals surface area contributed by atoms with E-state index >= 15 is 0 Å². The molecule has 0 saturated carbocycles. The zero-order chi connectivity index (χ0) is 15.0. The van der Waals surface area contributed by atoms with Crippen molar-refractivity contribution in [2.24, 2.45) is 10.9 Å². The number of oxime groups is 1. The molecule has 0 aromatic carbocycles. The van der Waals surface area contributed by atoms with Crippen LogP contribution in [0.2, 0.25) is 0 Å². The summed E-state index contributed by atoms with van der Waals surface area (Å²) in [6.07, 6.45) is 4.58. The fourth-order valence-corrected chi connectivity index (χ4v) is 2.06. The van der Waals surface area contributed by atoms with E-state index in [1.807, 2.05) is 19.1 Å². The van der Waals surface area contributed by atoms with Crippen LogP contribution in [0.25, 0.3) is 0 Å². The first-order chi connectivity index (χ1) is 9.62. The second-order valence-corrected chi connectivity index (χ2v) is 5.03. The molecule has 0 atom stereocenters. The molecule has 0 aliphatic carbocycles. The summed E-state index contributed by atoms with van der Waals surface area (Å²) in [6.45, 7) is 8.27. The Bertz CT molecular complexity index is 437. The molecule has 0 fully saturated rings. The van der Waals surface area contributed by atoms with Gasteiger partial charge in [-0.15, -0.1) is 0 Å². The number of aryl methyl sites for hydroxylation is 1. The first kappa shape index (κ1) is 16.3. The monoisotopic (exact) mass is 278 g/mol. The van der Waals surface area contributed by atoms with Gasteiger partial charge in [-0.2, -0.15) is 0 Å². The normalized spacial score (nSPS) is 11.7. The standard InChI is InChI=1S/C15H26N4O/c1-4-6-8-19(9-7-5-2)14-11-13(15(16)18-20)10-12(3)17-14/h10-11,20H,4-9H2,1-3H3,(H2,16,18). The van der Waals surface area contributed by atoms with Gasteiger partial charge in [-0.3, -0.25) is 0 Å². The molecule has 0 spiro atoms. The molecule has 0 unspecified atom stereocenters. The number of rotatable bonds is 8. The van der Waals surface area contributed by atoms with E-state index in [1.54, 1.807) is 0 Å². The van der Waals surface area contributed by atoms with Crippen LogP contribution in [0.3, 0.4) is 0 Å². The third kappa shape index (κ3) is 4.72. The average Bonchev–Trinajstić information content (AvgIpc) is 2.45. The van der Waals surface area contributed by atoms with Crippen LogP contribution in [0.4, 0.5) is 5.82 Å². The minimum atomic E-state index is 0.127. The Balaban J connectivity index is 3.01. The van der Waals surface area contributed by atoms with Gasteiger partial charge in [0, 0.05) is 24.3 Å². The van der Waals surface area contributed by atoms with Gasteiger partial charge in [-0.1, -0.05) is 31.8 Å². The lowest BCUT2D eigenvalue weighted by Gasteiger charge is -2.24. The highest BCUT2D eigenvalue weighted by molar-refractivity contribution is 5.97. The number of unbranched alkanes of at least 4 members (excludes halogenated alkanes) is 2. The molecular formula is C15H26N4O. The molecule has 1 aromatic heterocycles. The maximum absolute atomic E-state index is 8.82. The quantitative estimate of drug-likeness (QED) is 0.332. The zero-order valence-electron chi connectivity index (χ0n) is 12.8. The summed E-state index contributed by atoms with van der Waals surface area (Å²) < 4.78 is 0. The van der Waals surface area contributed by atoms with Gasteiger partial charge >= 0.3 is 0 Å². The Labute approximate surface area is 121 Å². The summed E-state index contributed by atoms with van der Waals surface area (Å²) in [7, 11) is 0. The van der Waals surface area contributed by atoms with Crippen LogP contribution in [0.1, 0.15) is 50.8 Å². The minimum Gasteiger partial charge on any atom is -0.409 e. The molecule has 5 nitrogen and oxygen atoms in total. The molecular weight excluding hydrogens is 252 g/mol. The lowest BCUT2D eigenvalue weighted by Crippen LogP contribution is -2.27. The molecule has 20 heavy (non-hydrogen) atoms. The van der Waals surface area contributed by atoms with Crippen molar-refractivity contribution in [3.63, 3.8) is 0 Å². The predicted octanol–water partition coefficient (Wildman–Crippen LogP) is 2.89. The van der Waals surface area contributed by atoms with Crippen LogP contribution in [0.15, 0.2) is 17.3 Å². The Morgan fingerprint density at radius 1 is 1.25 bits per heavy atom. The summed E-state index contributed by atoms with van der Waals surface area (Å²) in [6, 6.07) is 3.73. The van der Waals surface area contributed by atoms with Gasteiger partial charge in [-0.25, -0.2) is 4.98 Å². The number of hydrogen-bond donors (Lipinski definition) is 2. The van der Waals surface area contributed by atoms with Crippen molar-refractivity contribution in [3.8, 4) is 0 Å². The minimum absolute atomic E-state index is 0.127. The van der Waals surface area contributed by atoms with E-state index in [1.165, 1.54) is 0 Å². The van der Waals surface area contributed by atoms with E-state index in [0.717, 1.165) is 50.3 Å². The van der Waals surface area contributed by atoms with Gasteiger partial charge in [0.2, 0.25) is 0 Å². The molecule has 5 heteroatoms. The summed E-state index contributed by atoms with van der Waals surface area (Å²) in [5, 5.41) is 11.9. The van der Waals surface area contributed by atoms with E-state index in [0.29, 0.717) is 5.56 Å². The topological polar surface area (TPSA) is 74.7 Å². The van der Waals surface area contributed by atoms with Crippen molar-refractivity contribution in [2.45, 2.75) is 46.5 Å². The number of nitrogens with two attached hydrogens (primary N) is 1. The van der Waals surface area contributed by atoms with Gasteiger partial charge in [0.15, 0.2) is 5.84 Å². The highest BCUT2D eigenvalue weighted by Crippen LogP contribution is 2.16. The SMILES string of the molecule is CCCCN(CCCC)c1cc(/C(N)=N/O)cc(C)n1. The van der Waals surface area contributed by atoms with E-state index in [2.05, 4.69) is 28.9 Å². The number of pyridine rings is 1.